The van der Waals surface area contributed by atoms with Gasteiger partial charge in [0, 0.05) is 18.1 Å². The highest BCUT2D eigenvalue weighted by Gasteiger charge is 2.28. The van der Waals surface area contributed by atoms with E-state index in [2.05, 4.69) is 16.0 Å². The van der Waals surface area contributed by atoms with E-state index in [0.29, 0.717) is 16.4 Å². The van der Waals surface area contributed by atoms with Crippen LogP contribution >= 0.6 is 47.5 Å². The van der Waals surface area contributed by atoms with Crippen molar-refractivity contribution in [2.24, 2.45) is 0 Å². The lowest BCUT2D eigenvalue weighted by molar-refractivity contribution is 1.03. The molecular formula is C13H11Cl2N5S2. The molecule has 1 atom stereocenters. The van der Waals surface area contributed by atoms with Crippen LogP contribution in [0.3, 0.4) is 0 Å². The van der Waals surface area contributed by atoms with E-state index in [1.165, 1.54) is 0 Å². The molecule has 5 nitrogen and oxygen atoms in total. The van der Waals surface area contributed by atoms with Crippen molar-refractivity contribution < 1.29 is 0 Å². The van der Waals surface area contributed by atoms with Crippen molar-refractivity contribution in [3.63, 3.8) is 0 Å². The Balaban J connectivity index is 0.00000176. The number of hydrogen-bond donors (Lipinski definition) is 1. The Hall–Kier alpha value is -1.33. The Morgan fingerprint density at radius 2 is 2.36 bits per heavy atom. The summed E-state index contributed by atoms with van der Waals surface area (Å²) in [6, 6.07) is 3.94. The molecule has 2 aromatic rings. The van der Waals surface area contributed by atoms with Crippen LogP contribution < -0.4 is 5.73 Å². The van der Waals surface area contributed by atoms with E-state index in [4.69, 9.17) is 17.3 Å². The summed E-state index contributed by atoms with van der Waals surface area (Å²) in [4.78, 5) is 8.30. The lowest BCUT2D eigenvalue weighted by Crippen LogP contribution is -1.99. The highest BCUT2D eigenvalue weighted by Crippen LogP contribution is 2.52. The summed E-state index contributed by atoms with van der Waals surface area (Å²) in [5.74, 6) is 0.816. The molecule has 1 fully saturated rings. The molecule has 0 aliphatic carbocycles. The molecule has 0 saturated carbocycles. The van der Waals surface area contributed by atoms with E-state index < -0.39 is 0 Å². The molecule has 22 heavy (non-hydrogen) atoms. The summed E-state index contributed by atoms with van der Waals surface area (Å²) >= 11 is 9.44. The first-order chi connectivity index (χ1) is 10.2. The molecule has 3 heterocycles. The maximum atomic E-state index is 9.36. The number of nitrogens with two attached hydrogens (primary N) is 1. The Morgan fingerprint density at radius 1 is 1.55 bits per heavy atom. The number of aromatic nitrogens is 3. The van der Waals surface area contributed by atoms with Gasteiger partial charge in [-0.25, -0.2) is 4.98 Å². The third-order valence-corrected chi connectivity index (χ3v) is 6.07. The minimum atomic E-state index is 0. The lowest BCUT2D eigenvalue weighted by Gasteiger charge is -2.09. The van der Waals surface area contributed by atoms with Crippen LogP contribution in [0.4, 0.5) is 5.69 Å². The lowest BCUT2D eigenvalue weighted by atomic mass is 10.3. The van der Waals surface area contributed by atoms with Crippen LogP contribution in [0.25, 0.3) is 5.70 Å². The van der Waals surface area contributed by atoms with Crippen LogP contribution in [0.2, 0.25) is 5.02 Å². The predicted octanol–water partition coefficient (Wildman–Crippen LogP) is 3.81. The Morgan fingerprint density at radius 3 is 3.00 bits per heavy atom. The Bertz CT molecular complexity index is 739. The van der Waals surface area contributed by atoms with Crippen LogP contribution in [0.1, 0.15) is 10.9 Å². The van der Waals surface area contributed by atoms with Crippen molar-refractivity contribution in [1.29, 1.82) is 5.26 Å². The topological polar surface area (TPSA) is 80.5 Å². The maximum absolute atomic E-state index is 9.36. The predicted molar refractivity (Wildman–Crippen MR) is 94.8 cm³/mol. The van der Waals surface area contributed by atoms with Gasteiger partial charge in [0.2, 0.25) is 0 Å². The van der Waals surface area contributed by atoms with Gasteiger partial charge in [0.05, 0.1) is 38.4 Å². The van der Waals surface area contributed by atoms with Gasteiger partial charge in [0.25, 0.3) is 0 Å². The molecule has 0 aromatic carbocycles. The van der Waals surface area contributed by atoms with Gasteiger partial charge >= 0.3 is 0 Å². The smallest absolute Gasteiger partial charge is 0.145 e. The van der Waals surface area contributed by atoms with Crippen molar-refractivity contribution in [3.05, 3.63) is 45.9 Å². The van der Waals surface area contributed by atoms with Gasteiger partial charge in [0.15, 0.2) is 0 Å². The second kappa shape index (κ2) is 7.29. The number of nitrogen functional groups attached to an aromatic ring is 1. The van der Waals surface area contributed by atoms with Crippen LogP contribution in [-0.4, -0.2) is 20.3 Å². The largest absolute Gasteiger partial charge is 0.397 e. The molecule has 2 N–H and O–H groups in total. The van der Waals surface area contributed by atoms with E-state index in [1.807, 2.05) is 0 Å². The van der Waals surface area contributed by atoms with Gasteiger partial charge in [-0.2, -0.15) is 5.26 Å². The number of nitrogens with zero attached hydrogens (tertiary/aromatic N) is 4. The van der Waals surface area contributed by atoms with Crippen LogP contribution in [-0.2, 0) is 0 Å². The summed E-state index contributed by atoms with van der Waals surface area (Å²) in [5.41, 5.74) is 7.60. The van der Waals surface area contributed by atoms with Gasteiger partial charge < -0.3 is 5.73 Å². The van der Waals surface area contributed by atoms with Crippen molar-refractivity contribution in [2.45, 2.75) is 5.25 Å². The number of thioether (sulfide) groups is 2. The van der Waals surface area contributed by atoms with E-state index in [0.717, 1.165) is 15.7 Å². The number of allylic oxidation sites excluding steroid dienone is 1. The second-order valence-electron chi connectivity index (χ2n) is 4.27. The van der Waals surface area contributed by atoms with Crippen molar-refractivity contribution >= 4 is 58.9 Å². The van der Waals surface area contributed by atoms with E-state index in [1.54, 1.807) is 59.1 Å². The van der Waals surface area contributed by atoms with Crippen molar-refractivity contribution in [2.75, 3.05) is 11.5 Å². The van der Waals surface area contributed by atoms with Gasteiger partial charge in [-0.15, -0.1) is 35.9 Å². The fourth-order valence-electron chi connectivity index (χ4n) is 1.91. The summed E-state index contributed by atoms with van der Waals surface area (Å²) in [5, 5.41) is 10.0. The molecule has 1 saturated heterocycles. The molecule has 0 spiro atoms. The van der Waals surface area contributed by atoms with Crippen molar-refractivity contribution in [3.8, 4) is 6.07 Å². The van der Waals surface area contributed by atoms with E-state index in [9.17, 15) is 5.26 Å². The summed E-state index contributed by atoms with van der Waals surface area (Å²) < 4.78 is 2.67. The summed E-state index contributed by atoms with van der Waals surface area (Å²) in [6.07, 6.45) is 6.64. The quantitative estimate of drug-likeness (QED) is 0.808. The monoisotopic (exact) mass is 371 g/mol. The highest BCUT2D eigenvalue weighted by molar-refractivity contribution is 8.25. The van der Waals surface area contributed by atoms with Crippen LogP contribution in [0, 0.1) is 11.3 Å². The molecule has 1 aliphatic heterocycles. The second-order valence-corrected chi connectivity index (χ2v) is 7.18. The molecule has 3 rings (SSSR count). The van der Waals surface area contributed by atoms with E-state index in [-0.39, 0.29) is 17.7 Å². The Labute approximate surface area is 147 Å². The summed E-state index contributed by atoms with van der Waals surface area (Å²) in [7, 11) is 0. The maximum Gasteiger partial charge on any atom is 0.145 e. The minimum Gasteiger partial charge on any atom is -0.397 e. The highest BCUT2D eigenvalue weighted by atomic mass is 35.5. The number of rotatable bonds is 2. The Kier molecular flexibility index (Phi) is 5.64. The number of hydrogen-bond acceptors (Lipinski definition) is 6. The van der Waals surface area contributed by atoms with Gasteiger partial charge in [-0.3, -0.25) is 9.55 Å². The van der Waals surface area contributed by atoms with Gasteiger partial charge in [-0.1, -0.05) is 11.6 Å². The minimum absolute atomic E-state index is 0. The SMILES string of the molecule is Cl.N#C/C(=C1/SCC(c2ncc(N)cc2Cl)S1)n1ccnc1. The number of pyridine rings is 1. The molecule has 1 aliphatic rings. The summed E-state index contributed by atoms with van der Waals surface area (Å²) in [6.45, 7) is 0. The van der Waals surface area contributed by atoms with Crippen molar-refractivity contribution in [1.82, 2.24) is 14.5 Å². The molecule has 0 radical (unpaired) electrons. The average molecular weight is 372 g/mol. The number of imidazole rings is 1. The molecule has 0 amide bonds. The molecule has 1 unspecified atom stereocenters. The fraction of sp³-hybridized carbons (Fsp3) is 0.154. The molecular weight excluding hydrogens is 361 g/mol. The molecule has 2 aromatic heterocycles. The first-order valence-electron chi connectivity index (χ1n) is 6.02. The third-order valence-electron chi connectivity index (χ3n) is 2.87. The number of anilines is 1. The third kappa shape index (κ3) is 3.36. The zero-order valence-corrected chi connectivity index (χ0v) is 14.3. The zero-order valence-electron chi connectivity index (χ0n) is 11.1. The molecule has 114 valence electrons. The number of nitriles is 1. The van der Waals surface area contributed by atoms with Gasteiger partial charge in [0.1, 0.15) is 11.8 Å². The fourth-order valence-corrected chi connectivity index (χ4v) is 5.15. The van der Waals surface area contributed by atoms with E-state index >= 15 is 0 Å². The average Bonchev–Trinajstić information content (AvgIpc) is 3.12. The molecule has 0 bridgehead atoms. The van der Waals surface area contributed by atoms with Crippen LogP contribution in [0.15, 0.2) is 35.2 Å². The first-order valence-corrected chi connectivity index (χ1v) is 8.26. The normalized spacial score (nSPS) is 19.4. The molecule has 9 heteroatoms. The first kappa shape index (κ1) is 17.0. The van der Waals surface area contributed by atoms with Gasteiger partial charge in [-0.05, 0) is 6.07 Å². The standard InChI is InChI=1S/C13H10ClN5S2.ClH/c14-9-3-8(16)5-18-12(9)11-6-20-13(21-11)10(4-15)19-2-1-17-7-19;/h1-3,5,7,11H,6,16H2;1H/b13-10+;. The number of halogens is 2. The zero-order chi connectivity index (χ0) is 14.8. The van der Waals surface area contributed by atoms with Crippen LogP contribution in [0.5, 0.6) is 0 Å².